The second-order valence-corrected chi connectivity index (χ2v) is 6.04. The molecule has 2 aliphatic rings. The van der Waals surface area contributed by atoms with Gasteiger partial charge in [-0.15, -0.1) is 0 Å². The summed E-state index contributed by atoms with van der Waals surface area (Å²) in [7, 11) is 0. The molecule has 0 spiro atoms. The third kappa shape index (κ3) is 2.08. The maximum Gasteiger partial charge on any atom is 0.122 e. The molecule has 0 heterocycles. The highest BCUT2D eigenvalue weighted by atomic mass is 16.3. The van der Waals surface area contributed by atoms with E-state index in [2.05, 4.69) is 32.0 Å². The quantitative estimate of drug-likeness (QED) is 0.811. The van der Waals surface area contributed by atoms with Crippen molar-refractivity contribution >= 4 is 0 Å². The van der Waals surface area contributed by atoms with Crippen LogP contribution >= 0.6 is 0 Å². The van der Waals surface area contributed by atoms with Crippen LogP contribution < -0.4 is 0 Å². The van der Waals surface area contributed by atoms with Crippen molar-refractivity contribution < 1.29 is 5.11 Å². The van der Waals surface area contributed by atoms with Crippen molar-refractivity contribution in [1.82, 2.24) is 0 Å². The summed E-state index contributed by atoms with van der Waals surface area (Å²) in [4.78, 5) is 0. The number of aromatic hydroxyl groups is 1. The molecule has 1 aromatic rings. The van der Waals surface area contributed by atoms with E-state index in [0.29, 0.717) is 17.6 Å². The first-order chi connectivity index (χ1) is 8.18. The molecule has 0 saturated heterocycles. The molecular formula is C16H22O. The highest BCUT2D eigenvalue weighted by Crippen LogP contribution is 2.49. The zero-order valence-electron chi connectivity index (χ0n) is 10.8. The first-order valence-electron chi connectivity index (χ1n) is 7.00. The van der Waals surface area contributed by atoms with Crippen LogP contribution in [0, 0.1) is 11.8 Å². The van der Waals surface area contributed by atoms with Crippen molar-refractivity contribution in [3.05, 3.63) is 29.3 Å². The Balaban J connectivity index is 1.91. The predicted molar refractivity (Wildman–Crippen MR) is 70.4 cm³/mol. The summed E-state index contributed by atoms with van der Waals surface area (Å²) in [6.07, 6.45) is 5.35. The lowest BCUT2D eigenvalue weighted by Crippen LogP contribution is -2.02. The van der Waals surface area contributed by atoms with Crippen molar-refractivity contribution in [2.45, 2.75) is 51.4 Å². The lowest BCUT2D eigenvalue weighted by Gasteiger charge is -2.18. The molecule has 0 bridgehead atoms. The Morgan fingerprint density at radius 1 is 0.941 bits per heavy atom. The molecule has 0 unspecified atom stereocenters. The van der Waals surface area contributed by atoms with Gasteiger partial charge in [0, 0.05) is 0 Å². The summed E-state index contributed by atoms with van der Waals surface area (Å²) in [6, 6.07) is 6.35. The van der Waals surface area contributed by atoms with E-state index < -0.39 is 0 Å². The molecule has 1 N–H and O–H groups in total. The zero-order valence-corrected chi connectivity index (χ0v) is 10.8. The van der Waals surface area contributed by atoms with E-state index in [1.54, 1.807) is 0 Å². The largest absolute Gasteiger partial charge is 0.507 e. The van der Waals surface area contributed by atoms with Gasteiger partial charge in [-0.1, -0.05) is 32.0 Å². The number of hydrogen-bond acceptors (Lipinski definition) is 1. The summed E-state index contributed by atoms with van der Waals surface area (Å²) in [5, 5.41) is 10.5. The molecule has 1 heteroatoms. The van der Waals surface area contributed by atoms with E-state index in [1.165, 1.54) is 36.8 Å². The average molecular weight is 230 g/mol. The van der Waals surface area contributed by atoms with E-state index in [9.17, 15) is 5.11 Å². The highest BCUT2D eigenvalue weighted by molar-refractivity contribution is 5.45. The number of hydrogen-bond donors (Lipinski definition) is 1. The van der Waals surface area contributed by atoms with Crippen LogP contribution in [0.4, 0.5) is 0 Å². The van der Waals surface area contributed by atoms with Crippen LogP contribution in [0.3, 0.4) is 0 Å². The molecule has 0 aliphatic heterocycles. The van der Waals surface area contributed by atoms with Crippen LogP contribution in [0.5, 0.6) is 5.75 Å². The van der Waals surface area contributed by atoms with Crippen LogP contribution in [0.25, 0.3) is 0 Å². The normalized spacial score (nSPS) is 23.4. The van der Waals surface area contributed by atoms with Gasteiger partial charge in [0.05, 0.1) is 0 Å². The molecule has 0 amide bonds. The predicted octanol–water partition coefficient (Wildman–Crippen LogP) is 4.42. The second-order valence-electron chi connectivity index (χ2n) is 6.04. The summed E-state index contributed by atoms with van der Waals surface area (Å²) in [5.74, 6) is 3.27. The summed E-state index contributed by atoms with van der Waals surface area (Å²) in [6.45, 7) is 4.52. The van der Waals surface area contributed by atoms with Crippen molar-refractivity contribution in [2.75, 3.05) is 0 Å². The third-order valence-corrected chi connectivity index (χ3v) is 4.74. The minimum absolute atomic E-state index is 0.529. The SMILES string of the molecule is C[C@@H](c1cccc([C@H](C)C2CC2)c1O)C1CC1. The number of para-hydroxylation sites is 1. The Morgan fingerprint density at radius 3 is 1.71 bits per heavy atom. The van der Waals surface area contributed by atoms with Gasteiger partial charge in [0.15, 0.2) is 0 Å². The lowest BCUT2D eigenvalue weighted by atomic mass is 9.88. The van der Waals surface area contributed by atoms with Crippen LogP contribution in [0.15, 0.2) is 18.2 Å². The number of benzene rings is 1. The Labute approximate surface area is 104 Å². The molecular weight excluding hydrogens is 208 g/mol. The van der Waals surface area contributed by atoms with Gasteiger partial charge in [0.25, 0.3) is 0 Å². The van der Waals surface area contributed by atoms with Gasteiger partial charge >= 0.3 is 0 Å². The highest BCUT2D eigenvalue weighted by Gasteiger charge is 2.33. The molecule has 2 aliphatic carbocycles. The Bertz CT molecular complexity index is 379. The van der Waals surface area contributed by atoms with E-state index in [4.69, 9.17) is 0 Å². The zero-order chi connectivity index (χ0) is 12.0. The minimum atomic E-state index is 0.529. The van der Waals surface area contributed by atoms with Crippen LogP contribution in [-0.2, 0) is 0 Å². The lowest BCUT2D eigenvalue weighted by molar-refractivity contribution is 0.443. The smallest absolute Gasteiger partial charge is 0.122 e. The Hall–Kier alpha value is -0.980. The molecule has 92 valence electrons. The van der Waals surface area contributed by atoms with E-state index >= 15 is 0 Å². The van der Waals surface area contributed by atoms with Gasteiger partial charge in [-0.2, -0.15) is 0 Å². The standard InChI is InChI=1S/C16H22O/c1-10(12-6-7-12)14-4-3-5-15(16(14)17)11(2)13-8-9-13/h3-5,10-13,17H,6-9H2,1-2H3/t10-,11-/m1/s1. The van der Waals surface area contributed by atoms with E-state index in [1.807, 2.05) is 0 Å². The molecule has 1 aromatic carbocycles. The fourth-order valence-corrected chi connectivity index (χ4v) is 3.02. The Kier molecular flexibility index (Phi) is 2.65. The van der Waals surface area contributed by atoms with Gasteiger partial charge in [0.2, 0.25) is 0 Å². The molecule has 0 aromatic heterocycles. The molecule has 3 rings (SSSR count). The Morgan fingerprint density at radius 2 is 1.35 bits per heavy atom. The van der Waals surface area contributed by atoms with Crippen LogP contribution in [0.1, 0.15) is 62.5 Å². The van der Waals surface area contributed by atoms with Gasteiger partial charge in [-0.25, -0.2) is 0 Å². The fraction of sp³-hybridized carbons (Fsp3) is 0.625. The van der Waals surface area contributed by atoms with Gasteiger partial charge in [-0.3, -0.25) is 0 Å². The maximum absolute atomic E-state index is 10.5. The number of phenols is 1. The number of rotatable bonds is 4. The molecule has 17 heavy (non-hydrogen) atoms. The summed E-state index contributed by atoms with van der Waals surface area (Å²) < 4.78 is 0. The van der Waals surface area contributed by atoms with Crippen LogP contribution in [0.2, 0.25) is 0 Å². The third-order valence-electron chi connectivity index (χ3n) is 4.74. The fourth-order valence-electron chi connectivity index (χ4n) is 3.02. The molecule has 2 saturated carbocycles. The number of phenolic OH excluding ortho intramolecular Hbond substituents is 1. The van der Waals surface area contributed by atoms with Crippen molar-refractivity contribution in [2.24, 2.45) is 11.8 Å². The molecule has 2 fully saturated rings. The van der Waals surface area contributed by atoms with E-state index in [0.717, 1.165) is 11.8 Å². The first kappa shape index (κ1) is 11.1. The molecule has 2 atom stereocenters. The van der Waals surface area contributed by atoms with Gasteiger partial charge in [-0.05, 0) is 60.5 Å². The monoisotopic (exact) mass is 230 g/mol. The van der Waals surface area contributed by atoms with Crippen LogP contribution in [-0.4, -0.2) is 5.11 Å². The van der Waals surface area contributed by atoms with Crippen molar-refractivity contribution in [1.29, 1.82) is 0 Å². The van der Waals surface area contributed by atoms with Crippen molar-refractivity contribution in [3.63, 3.8) is 0 Å². The van der Waals surface area contributed by atoms with Gasteiger partial charge < -0.3 is 5.11 Å². The topological polar surface area (TPSA) is 20.2 Å². The van der Waals surface area contributed by atoms with Gasteiger partial charge in [0.1, 0.15) is 5.75 Å². The van der Waals surface area contributed by atoms with Crippen molar-refractivity contribution in [3.8, 4) is 5.75 Å². The summed E-state index contributed by atoms with van der Waals surface area (Å²) in [5.41, 5.74) is 2.36. The molecule has 0 radical (unpaired) electrons. The summed E-state index contributed by atoms with van der Waals surface area (Å²) >= 11 is 0. The maximum atomic E-state index is 10.5. The first-order valence-corrected chi connectivity index (χ1v) is 7.00. The average Bonchev–Trinajstić information content (AvgIpc) is 3.20. The second kappa shape index (κ2) is 4.04. The minimum Gasteiger partial charge on any atom is -0.507 e. The molecule has 1 nitrogen and oxygen atoms in total. The van der Waals surface area contributed by atoms with E-state index in [-0.39, 0.29) is 0 Å².